The number of nitrogens with zero attached hydrogens (tertiary/aromatic N) is 2. The van der Waals surface area contributed by atoms with Crippen LogP contribution in [0.4, 0.5) is 0 Å². The van der Waals surface area contributed by atoms with E-state index in [9.17, 15) is 0 Å². The average molecular weight is 247 g/mol. The smallest absolute Gasteiger partial charge is 0.199 e. The van der Waals surface area contributed by atoms with E-state index in [-0.39, 0.29) is 0 Å². The van der Waals surface area contributed by atoms with Crippen molar-refractivity contribution >= 4 is 11.2 Å². The van der Waals surface area contributed by atoms with Gasteiger partial charge in [0, 0.05) is 12.1 Å². The van der Waals surface area contributed by atoms with Crippen molar-refractivity contribution in [3.8, 4) is 0 Å². The molecule has 0 spiro atoms. The molecule has 2 N–H and O–H groups in total. The highest BCUT2D eigenvalue weighted by Crippen LogP contribution is 2.19. The van der Waals surface area contributed by atoms with Crippen LogP contribution in [0.2, 0.25) is 0 Å². The van der Waals surface area contributed by atoms with Crippen molar-refractivity contribution < 1.29 is 4.42 Å². The van der Waals surface area contributed by atoms with Gasteiger partial charge in [0.1, 0.15) is 0 Å². The Kier molecular flexibility index (Phi) is 3.97. The second-order valence-corrected chi connectivity index (χ2v) is 5.32. The van der Waals surface area contributed by atoms with Gasteiger partial charge < -0.3 is 10.2 Å². The molecule has 18 heavy (non-hydrogen) atoms. The van der Waals surface area contributed by atoms with Gasteiger partial charge in [-0.25, -0.2) is 4.98 Å². The molecule has 0 aliphatic heterocycles. The van der Waals surface area contributed by atoms with E-state index in [4.69, 9.17) is 10.2 Å². The molecule has 2 rings (SSSR count). The third-order valence-electron chi connectivity index (χ3n) is 3.04. The Morgan fingerprint density at radius 2 is 2.06 bits per heavy atom. The van der Waals surface area contributed by atoms with Crippen LogP contribution in [0.1, 0.15) is 31.9 Å². The molecule has 0 saturated carbocycles. The minimum Gasteiger partial charge on any atom is -0.439 e. The predicted octanol–water partition coefficient (Wildman–Crippen LogP) is 2.69. The fraction of sp³-hybridized carbons (Fsp3) is 0.571. The largest absolute Gasteiger partial charge is 0.439 e. The Bertz CT molecular complexity index is 519. The number of pyridine rings is 1. The van der Waals surface area contributed by atoms with Crippen molar-refractivity contribution in [1.82, 2.24) is 9.97 Å². The van der Waals surface area contributed by atoms with Crippen molar-refractivity contribution in [2.75, 3.05) is 6.54 Å². The molecule has 0 amide bonds. The van der Waals surface area contributed by atoms with Crippen LogP contribution in [0.25, 0.3) is 11.2 Å². The molecule has 4 heteroatoms. The first kappa shape index (κ1) is 13.0. The maximum Gasteiger partial charge on any atom is 0.199 e. The van der Waals surface area contributed by atoms with Gasteiger partial charge in [-0.2, -0.15) is 4.98 Å². The number of oxazole rings is 1. The van der Waals surface area contributed by atoms with Crippen molar-refractivity contribution in [1.29, 1.82) is 0 Å². The fourth-order valence-corrected chi connectivity index (χ4v) is 2.22. The van der Waals surface area contributed by atoms with Crippen LogP contribution >= 0.6 is 0 Å². The number of aromatic nitrogens is 2. The predicted molar refractivity (Wildman–Crippen MR) is 72.2 cm³/mol. The molecular weight excluding hydrogens is 226 g/mol. The van der Waals surface area contributed by atoms with Crippen LogP contribution in [0.5, 0.6) is 0 Å². The first-order valence-electron chi connectivity index (χ1n) is 6.51. The molecule has 0 aliphatic carbocycles. The van der Waals surface area contributed by atoms with Crippen molar-refractivity contribution in [2.45, 2.75) is 33.6 Å². The van der Waals surface area contributed by atoms with Gasteiger partial charge in [0.05, 0.1) is 0 Å². The summed E-state index contributed by atoms with van der Waals surface area (Å²) in [7, 11) is 0. The summed E-state index contributed by atoms with van der Waals surface area (Å²) in [4.78, 5) is 8.79. The van der Waals surface area contributed by atoms with Gasteiger partial charge in [-0.05, 0) is 43.9 Å². The molecule has 0 aromatic carbocycles. The second-order valence-electron chi connectivity index (χ2n) is 5.32. The van der Waals surface area contributed by atoms with Crippen molar-refractivity contribution in [2.24, 2.45) is 17.6 Å². The van der Waals surface area contributed by atoms with Gasteiger partial charge in [0.25, 0.3) is 0 Å². The lowest BCUT2D eigenvalue weighted by Crippen LogP contribution is -2.18. The summed E-state index contributed by atoms with van der Waals surface area (Å²) in [5.41, 5.74) is 8.22. The number of hydrogen-bond donors (Lipinski definition) is 1. The summed E-state index contributed by atoms with van der Waals surface area (Å²) >= 11 is 0. The lowest BCUT2D eigenvalue weighted by Gasteiger charge is -2.14. The molecule has 0 fully saturated rings. The molecule has 0 bridgehead atoms. The normalized spacial score (nSPS) is 13.4. The lowest BCUT2D eigenvalue weighted by molar-refractivity contribution is 0.380. The monoisotopic (exact) mass is 247 g/mol. The minimum absolute atomic E-state index is 0.430. The van der Waals surface area contributed by atoms with Crippen LogP contribution in [0, 0.1) is 18.8 Å². The van der Waals surface area contributed by atoms with Crippen LogP contribution in [0.15, 0.2) is 16.5 Å². The Hall–Kier alpha value is -1.42. The van der Waals surface area contributed by atoms with Gasteiger partial charge >= 0.3 is 0 Å². The molecule has 2 heterocycles. The molecule has 0 aliphatic rings. The lowest BCUT2D eigenvalue weighted by atomic mass is 9.94. The van der Waals surface area contributed by atoms with Crippen molar-refractivity contribution in [3.63, 3.8) is 0 Å². The molecule has 1 atom stereocenters. The number of rotatable bonds is 5. The molecule has 1 unspecified atom stereocenters. The zero-order valence-electron chi connectivity index (χ0n) is 11.3. The van der Waals surface area contributed by atoms with Gasteiger partial charge in [-0.3, -0.25) is 0 Å². The van der Waals surface area contributed by atoms with E-state index < -0.39 is 0 Å². The van der Waals surface area contributed by atoms with Gasteiger partial charge in [-0.1, -0.05) is 13.8 Å². The maximum atomic E-state index is 5.80. The van der Waals surface area contributed by atoms with E-state index in [1.807, 2.05) is 19.1 Å². The summed E-state index contributed by atoms with van der Waals surface area (Å²) in [5, 5.41) is 0. The fourth-order valence-electron chi connectivity index (χ4n) is 2.22. The zero-order chi connectivity index (χ0) is 13.1. The molecule has 0 saturated heterocycles. The third kappa shape index (κ3) is 3.07. The van der Waals surface area contributed by atoms with Crippen LogP contribution in [-0.2, 0) is 6.42 Å². The van der Waals surface area contributed by atoms with Gasteiger partial charge in [0.15, 0.2) is 17.1 Å². The minimum atomic E-state index is 0.430. The highest BCUT2D eigenvalue weighted by molar-refractivity contribution is 5.67. The standard InChI is InChI=1S/C14H21N3O/c1-9(2)6-11(8-15)7-13-17-14-12(18-13)5-4-10(3)16-14/h4-5,9,11H,6-8,15H2,1-3H3. The zero-order valence-corrected chi connectivity index (χ0v) is 11.3. The molecule has 2 aromatic heterocycles. The average Bonchev–Trinajstić information content (AvgIpc) is 2.68. The number of fused-ring (bicyclic) bond motifs is 1. The maximum absolute atomic E-state index is 5.80. The van der Waals surface area contributed by atoms with Crippen LogP contribution in [-0.4, -0.2) is 16.5 Å². The SMILES string of the molecule is Cc1ccc2oc(CC(CN)CC(C)C)nc2n1. The Balaban J connectivity index is 2.15. The number of aryl methyl sites for hydroxylation is 1. The number of hydrogen-bond acceptors (Lipinski definition) is 4. The molecule has 2 aromatic rings. The van der Waals surface area contributed by atoms with Crippen LogP contribution < -0.4 is 5.73 Å². The molecule has 98 valence electrons. The Labute approximate surface area is 108 Å². The highest BCUT2D eigenvalue weighted by atomic mass is 16.3. The topological polar surface area (TPSA) is 64.9 Å². The van der Waals surface area contributed by atoms with E-state index in [2.05, 4.69) is 23.8 Å². The summed E-state index contributed by atoms with van der Waals surface area (Å²) in [6, 6.07) is 3.86. The van der Waals surface area contributed by atoms with Crippen molar-refractivity contribution in [3.05, 3.63) is 23.7 Å². The molecular formula is C14H21N3O. The Morgan fingerprint density at radius 3 is 2.72 bits per heavy atom. The third-order valence-corrected chi connectivity index (χ3v) is 3.04. The van der Waals surface area contributed by atoms with Gasteiger partial charge in [0.2, 0.25) is 0 Å². The van der Waals surface area contributed by atoms with E-state index in [0.29, 0.717) is 24.0 Å². The molecule has 0 radical (unpaired) electrons. The highest BCUT2D eigenvalue weighted by Gasteiger charge is 2.14. The quantitative estimate of drug-likeness (QED) is 0.882. The summed E-state index contributed by atoms with van der Waals surface area (Å²) in [6.07, 6.45) is 1.89. The van der Waals surface area contributed by atoms with E-state index in [1.54, 1.807) is 0 Å². The Morgan fingerprint density at radius 1 is 1.28 bits per heavy atom. The van der Waals surface area contributed by atoms with E-state index in [1.165, 1.54) is 0 Å². The summed E-state index contributed by atoms with van der Waals surface area (Å²) in [5.74, 6) is 1.82. The van der Waals surface area contributed by atoms with Gasteiger partial charge in [-0.15, -0.1) is 0 Å². The van der Waals surface area contributed by atoms with Crippen LogP contribution in [0.3, 0.4) is 0 Å². The molecule has 4 nitrogen and oxygen atoms in total. The first-order valence-corrected chi connectivity index (χ1v) is 6.51. The second kappa shape index (κ2) is 5.48. The number of nitrogens with two attached hydrogens (primary N) is 1. The van der Waals surface area contributed by atoms with E-state index in [0.717, 1.165) is 30.0 Å². The first-order chi connectivity index (χ1) is 8.58. The summed E-state index contributed by atoms with van der Waals surface area (Å²) in [6.45, 7) is 7.04. The van der Waals surface area contributed by atoms with E-state index >= 15 is 0 Å². The summed E-state index contributed by atoms with van der Waals surface area (Å²) < 4.78 is 5.71.